The van der Waals surface area contributed by atoms with Gasteiger partial charge >= 0.3 is 6.09 Å². The number of imidazole rings is 1. The molecule has 2 aromatic heterocycles. The van der Waals surface area contributed by atoms with Crippen molar-refractivity contribution in [3.8, 4) is 0 Å². The Morgan fingerprint density at radius 2 is 1.95 bits per heavy atom. The lowest BCUT2D eigenvalue weighted by Crippen LogP contribution is -2.44. The molecule has 0 saturated carbocycles. The highest BCUT2D eigenvalue weighted by atomic mass is 16.6. The Bertz CT molecular complexity index is 623. The van der Waals surface area contributed by atoms with Gasteiger partial charge < -0.3 is 14.5 Å². The molecule has 2 heterocycles. The first kappa shape index (κ1) is 14.4. The Balaban J connectivity index is 2.24. The van der Waals surface area contributed by atoms with E-state index >= 15 is 0 Å². The van der Waals surface area contributed by atoms with Crippen molar-refractivity contribution in [3.05, 3.63) is 36.4 Å². The molecule has 0 saturated heterocycles. The van der Waals surface area contributed by atoms with Gasteiger partial charge in [0, 0.05) is 6.20 Å². The van der Waals surface area contributed by atoms with E-state index in [1.807, 2.05) is 63.4 Å². The molecule has 0 aliphatic carbocycles. The number of pyridine rings is 1. The monoisotopic (exact) mass is 275 g/mol. The summed E-state index contributed by atoms with van der Waals surface area (Å²) in [4.78, 5) is 16.3. The van der Waals surface area contributed by atoms with E-state index < -0.39 is 17.2 Å². The molecule has 0 aromatic carbocycles. The fourth-order valence-corrected chi connectivity index (χ4v) is 2.02. The number of alkyl carbamates (subject to hydrolysis) is 1. The second-order valence-electron chi connectivity index (χ2n) is 6.33. The van der Waals surface area contributed by atoms with Crippen LogP contribution >= 0.6 is 0 Å². The molecule has 0 bridgehead atoms. The lowest BCUT2D eigenvalue weighted by atomic mass is 10.1. The molecule has 5 heteroatoms. The topological polar surface area (TPSA) is 55.6 Å². The Morgan fingerprint density at radius 3 is 2.60 bits per heavy atom. The van der Waals surface area contributed by atoms with E-state index in [9.17, 15) is 4.79 Å². The van der Waals surface area contributed by atoms with Crippen LogP contribution in [0.1, 0.15) is 40.4 Å². The minimum atomic E-state index is -0.629. The summed E-state index contributed by atoms with van der Waals surface area (Å²) < 4.78 is 7.25. The number of hydrogen-bond acceptors (Lipinski definition) is 3. The molecule has 20 heavy (non-hydrogen) atoms. The second kappa shape index (κ2) is 4.81. The van der Waals surface area contributed by atoms with Gasteiger partial charge in [0.2, 0.25) is 0 Å². The fourth-order valence-electron chi connectivity index (χ4n) is 2.02. The van der Waals surface area contributed by atoms with Crippen molar-refractivity contribution in [2.45, 2.75) is 45.8 Å². The van der Waals surface area contributed by atoms with Gasteiger partial charge in [-0.25, -0.2) is 9.78 Å². The van der Waals surface area contributed by atoms with Crippen LogP contribution in [-0.4, -0.2) is 21.1 Å². The average molecular weight is 275 g/mol. The van der Waals surface area contributed by atoms with Crippen LogP contribution in [0.25, 0.3) is 5.52 Å². The summed E-state index contributed by atoms with van der Waals surface area (Å²) in [7, 11) is 0. The van der Waals surface area contributed by atoms with Gasteiger partial charge in [0.15, 0.2) is 0 Å². The average Bonchev–Trinajstić information content (AvgIpc) is 2.69. The number of fused-ring (bicyclic) bond motifs is 1. The Hall–Kier alpha value is -2.04. The van der Waals surface area contributed by atoms with Crippen LogP contribution in [0.15, 0.2) is 30.6 Å². The number of aromatic nitrogens is 2. The van der Waals surface area contributed by atoms with E-state index in [1.165, 1.54) is 0 Å². The number of carbonyl (C=O) groups is 1. The first-order chi connectivity index (χ1) is 9.19. The summed E-state index contributed by atoms with van der Waals surface area (Å²) in [5.41, 5.74) is -0.160. The summed E-state index contributed by atoms with van der Waals surface area (Å²) in [6.45, 7) is 9.32. The van der Waals surface area contributed by atoms with E-state index in [0.717, 1.165) is 11.3 Å². The van der Waals surface area contributed by atoms with Crippen LogP contribution in [0.4, 0.5) is 4.79 Å². The van der Waals surface area contributed by atoms with Crippen LogP contribution in [0.2, 0.25) is 0 Å². The summed E-state index contributed by atoms with van der Waals surface area (Å²) in [6, 6.07) is 5.86. The third-order valence-corrected chi connectivity index (χ3v) is 2.81. The van der Waals surface area contributed by atoms with Crippen LogP contribution in [0.3, 0.4) is 0 Å². The zero-order chi connectivity index (χ0) is 15.0. The molecule has 0 fully saturated rings. The molecular weight excluding hydrogens is 254 g/mol. The predicted molar refractivity (Wildman–Crippen MR) is 77.6 cm³/mol. The smallest absolute Gasteiger partial charge is 0.408 e. The van der Waals surface area contributed by atoms with Crippen LogP contribution in [0, 0.1) is 0 Å². The summed E-state index contributed by atoms with van der Waals surface area (Å²) >= 11 is 0. The Morgan fingerprint density at radius 1 is 1.25 bits per heavy atom. The molecule has 2 rings (SSSR count). The number of amides is 1. The third-order valence-electron chi connectivity index (χ3n) is 2.81. The van der Waals surface area contributed by atoms with E-state index in [-0.39, 0.29) is 0 Å². The highest BCUT2D eigenvalue weighted by Crippen LogP contribution is 2.21. The van der Waals surface area contributed by atoms with Crippen molar-refractivity contribution in [2.75, 3.05) is 0 Å². The maximum absolute atomic E-state index is 11.9. The minimum absolute atomic E-state index is 0.449. The Labute approximate surface area is 119 Å². The van der Waals surface area contributed by atoms with Gasteiger partial charge in [-0.05, 0) is 46.8 Å². The summed E-state index contributed by atoms with van der Waals surface area (Å²) in [5.74, 6) is 0.763. The van der Waals surface area contributed by atoms with E-state index in [2.05, 4.69) is 10.3 Å². The van der Waals surface area contributed by atoms with Gasteiger partial charge in [-0.2, -0.15) is 0 Å². The molecule has 0 spiro atoms. The third kappa shape index (κ3) is 3.10. The highest BCUT2D eigenvalue weighted by molar-refractivity contribution is 5.69. The number of ether oxygens (including phenoxy) is 1. The molecule has 0 aliphatic heterocycles. The van der Waals surface area contributed by atoms with Crippen molar-refractivity contribution in [1.29, 1.82) is 0 Å². The lowest BCUT2D eigenvalue weighted by molar-refractivity contribution is 0.0466. The molecule has 108 valence electrons. The van der Waals surface area contributed by atoms with Gasteiger partial charge in [-0.3, -0.25) is 0 Å². The van der Waals surface area contributed by atoms with Crippen molar-refractivity contribution < 1.29 is 9.53 Å². The van der Waals surface area contributed by atoms with Gasteiger partial charge in [0.05, 0.1) is 17.3 Å². The van der Waals surface area contributed by atoms with Gasteiger partial charge in [-0.1, -0.05) is 6.07 Å². The number of nitrogens with zero attached hydrogens (tertiary/aromatic N) is 2. The van der Waals surface area contributed by atoms with E-state index in [0.29, 0.717) is 0 Å². The van der Waals surface area contributed by atoms with Crippen molar-refractivity contribution >= 4 is 11.6 Å². The summed E-state index contributed by atoms with van der Waals surface area (Å²) in [6.07, 6.45) is 3.26. The highest BCUT2D eigenvalue weighted by Gasteiger charge is 2.29. The van der Waals surface area contributed by atoms with Crippen molar-refractivity contribution in [2.24, 2.45) is 0 Å². The maximum Gasteiger partial charge on any atom is 0.408 e. The van der Waals surface area contributed by atoms with Gasteiger partial charge in [0.25, 0.3) is 0 Å². The Kier molecular flexibility index (Phi) is 3.46. The molecule has 0 aliphatic rings. The first-order valence-electron chi connectivity index (χ1n) is 6.63. The molecule has 1 N–H and O–H groups in total. The van der Waals surface area contributed by atoms with E-state index in [1.54, 1.807) is 6.20 Å². The molecular formula is C15H21N3O2. The number of nitrogens with one attached hydrogen (secondary N) is 1. The molecule has 2 aromatic rings. The standard InChI is InChI=1S/C15H21N3O2/c1-14(2,3)20-13(19)17-15(4,5)12-16-10-11-8-6-7-9-18(11)12/h6-10H,1-5H3,(H,17,19). The van der Waals surface area contributed by atoms with E-state index in [4.69, 9.17) is 4.74 Å². The quantitative estimate of drug-likeness (QED) is 0.916. The molecule has 0 atom stereocenters. The number of rotatable bonds is 2. The van der Waals surface area contributed by atoms with Gasteiger partial charge in [-0.15, -0.1) is 0 Å². The van der Waals surface area contributed by atoms with Gasteiger partial charge in [0.1, 0.15) is 11.4 Å². The lowest BCUT2D eigenvalue weighted by Gasteiger charge is -2.27. The molecule has 0 unspecified atom stereocenters. The van der Waals surface area contributed by atoms with Crippen molar-refractivity contribution in [3.63, 3.8) is 0 Å². The normalized spacial score (nSPS) is 12.4. The zero-order valence-corrected chi connectivity index (χ0v) is 12.6. The van der Waals surface area contributed by atoms with Crippen LogP contribution in [0.5, 0.6) is 0 Å². The first-order valence-corrected chi connectivity index (χ1v) is 6.63. The zero-order valence-electron chi connectivity index (χ0n) is 12.6. The predicted octanol–water partition coefficient (Wildman–Crippen LogP) is 3.09. The molecule has 1 amide bonds. The van der Waals surface area contributed by atoms with Crippen LogP contribution < -0.4 is 5.32 Å². The largest absolute Gasteiger partial charge is 0.444 e. The molecule has 0 radical (unpaired) electrons. The minimum Gasteiger partial charge on any atom is -0.444 e. The SMILES string of the molecule is CC(C)(C)OC(=O)NC(C)(C)c1ncc2ccccn12. The second-order valence-corrected chi connectivity index (χ2v) is 6.33. The molecule has 5 nitrogen and oxygen atoms in total. The maximum atomic E-state index is 11.9. The number of hydrogen-bond donors (Lipinski definition) is 1. The van der Waals surface area contributed by atoms with Crippen LogP contribution in [-0.2, 0) is 10.3 Å². The fraction of sp³-hybridized carbons (Fsp3) is 0.467. The number of carbonyl (C=O) groups excluding carboxylic acids is 1. The van der Waals surface area contributed by atoms with Crippen molar-refractivity contribution in [1.82, 2.24) is 14.7 Å². The summed E-state index contributed by atoms with van der Waals surface area (Å²) in [5, 5.41) is 2.86.